The fourth-order valence-corrected chi connectivity index (χ4v) is 3.86. The van der Waals surface area contributed by atoms with Gasteiger partial charge in [0.2, 0.25) is 5.91 Å². The second-order valence-electron chi connectivity index (χ2n) is 7.08. The summed E-state index contributed by atoms with van der Waals surface area (Å²) in [4.78, 5) is 24.1. The van der Waals surface area contributed by atoms with Crippen molar-refractivity contribution in [1.29, 1.82) is 0 Å². The van der Waals surface area contributed by atoms with E-state index >= 15 is 0 Å². The lowest BCUT2D eigenvalue weighted by Gasteiger charge is -2.12. The fourth-order valence-electron chi connectivity index (χ4n) is 3.08. The third-order valence-corrected chi connectivity index (χ3v) is 5.53. The van der Waals surface area contributed by atoms with Gasteiger partial charge in [0, 0.05) is 30.3 Å². The van der Waals surface area contributed by atoms with Crippen LogP contribution in [-0.4, -0.2) is 36.9 Å². The molecule has 3 rings (SSSR count). The van der Waals surface area contributed by atoms with Gasteiger partial charge in [-0.25, -0.2) is 4.79 Å². The van der Waals surface area contributed by atoms with Crippen molar-refractivity contribution in [2.75, 3.05) is 29.5 Å². The fraction of sp³-hybridized carbons (Fsp3) is 0.364. The molecule has 1 aliphatic heterocycles. The highest BCUT2D eigenvalue weighted by atomic mass is 32.2. The van der Waals surface area contributed by atoms with Gasteiger partial charge >= 0.3 is 6.03 Å². The highest BCUT2D eigenvalue weighted by Gasteiger charge is 2.16. The molecular formula is C22H27N3O3S. The van der Waals surface area contributed by atoms with Crippen molar-refractivity contribution < 1.29 is 14.3 Å². The van der Waals surface area contributed by atoms with Gasteiger partial charge in [0.25, 0.3) is 0 Å². The summed E-state index contributed by atoms with van der Waals surface area (Å²) in [5.41, 5.74) is 3.82. The molecule has 0 saturated carbocycles. The Bertz CT molecular complexity index is 820. The zero-order chi connectivity index (χ0) is 20.5. The molecule has 1 fully saturated rings. The Morgan fingerprint density at radius 1 is 1.10 bits per heavy atom. The van der Waals surface area contributed by atoms with E-state index in [-0.39, 0.29) is 18.0 Å². The Labute approximate surface area is 175 Å². The molecular weight excluding hydrogens is 386 g/mol. The summed E-state index contributed by atoms with van der Waals surface area (Å²) >= 11 is 1.58. The van der Waals surface area contributed by atoms with Crippen molar-refractivity contribution in [2.24, 2.45) is 0 Å². The first-order valence-electron chi connectivity index (χ1n) is 9.78. The lowest BCUT2D eigenvalue weighted by Crippen LogP contribution is -2.35. The summed E-state index contributed by atoms with van der Waals surface area (Å²) in [5, 5.41) is 8.47. The second-order valence-corrected chi connectivity index (χ2v) is 8.06. The van der Waals surface area contributed by atoms with Crippen molar-refractivity contribution in [1.82, 2.24) is 5.32 Å². The van der Waals surface area contributed by atoms with Crippen LogP contribution in [0.3, 0.4) is 0 Å². The van der Waals surface area contributed by atoms with Crippen LogP contribution in [0, 0.1) is 6.92 Å². The monoisotopic (exact) mass is 413 g/mol. The van der Waals surface area contributed by atoms with Crippen LogP contribution in [0.5, 0.6) is 0 Å². The Balaban J connectivity index is 1.36. The van der Waals surface area contributed by atoms with E-state index in [1.54, 1.807) is 36.0 Å². The number of urea groups is 1. The molecule has 1 unspecified atom stereocenters. The Morgan fingerprint density at radius 2 is 1.86 bits per heavy atom. The zero-order valence-electron chi connectivity index (χ0n) is 16.6. The highest BCUT2D eigenvalue weighted by molar-refractivity contribution is 7.99. The van der Waals surface area contributed by atoms with E-state index in [1.807, 2.05) is 6.07 Å². The van der Waals surface area contributed by atoms with Gasteiger partial charge in [-0.05, 0) is 49.6 Å². The topological polar surface area (TPSA) is 79.5 Å². The average molecular weight is 414 g/mol. The number of carbonyl (C=O) groups excluding carboxylic acids is 2. The summed E-state index contributed by atoms with van der Waals surface area (Å²) in [7, 11) is 0. The molecule has 29 heavy (non-hydrogen) atoms. The van der Waals surface area contributed by atoms with E-state index in [2.05, 4.69) is 41.1 Å². The first-order chi connectivity index (χ1) is 14.1. The smallest absolute Gasteiger partial charge is 0.319 e. The van der Waals surface area contributed by atoms with Crippen LogP contribution in [0.4, 0.5) is 16.2 Å². The van der Waals surface area contributed by atoms with Gasteiger partial charge in [-0.3, -0.25) is 4.79 Å². The molecule has 2 aromatic carbocycles. The number of benzene rings is 2. The maximum atomic E-state index is 12.1. The third-order valence-electron chi connectivity index (χ3n) is 4.53. The maximum Gasteiger partial charge on any atom is 0.319 e. The number of anilines is 2. The molecule has 0 spiro atoms. The van der Waals surface area contributed by atoms with Crippen LogP contribution in [0.25, 0.3) is 0 Å². The van der Waals surface area contributed by atoms with E-state index in [0.717, 1.165) is 25.2 Å². The Hall–Kier alpha value is -2.51. The van der Waals surface area contributed by atoms with Crippen LogP contribution in [-0.2, 0) is 15.3 Å². The minimum absolute atomic E-state index is 0.0438. The lowest BCUT2D eigenvalue weighted by molar-refractivity contribution is -0.113. The molecule has 0 aromatic heterocycles. The van der Waals surface area contributed by atoms with Crippen LogP contribution < -0.4 is 16.0 Å². The summed E-state index contributed by atoms with van der Waals surface area (Å²) < 4.78 is 5.48. The van der Waals surface area contributed by atoms with Crippen molar-refractivity contribution >= 4 is 35.1 Å². The van der Waals surface area contributed by atoms with Crippen LogP contribution in [0.2, 0.25) is 0 Å². The normalized spacial score (nSPS) is 15.7. The molecule has 1 atom stereocenters. The van der Waals surface area contributed by atoms with E-state index < -0.39 is 0 Å². The Morgan fingerprint density at radius 3 is 2.55 bits per heavy atom. The summed E-state index contributed by atoms with van der Waals surface area (Å²) in [6.07, 6.45) is 2.14. The van der Waals surface area contributed by atoms with Gasteiger partial charge in [0.15, 0.2) is 0 Å². The lowest BCUT2D eigenvalue weighted by atomic mass is 10.2. The van der Waals surface area contributed by atoms with Gasteiger partial charge in [-0.15, -0.1) is 11.8 Å². The van der Waals surface area contributed by atoms with Crippen molar-refractivity contribution in [3.05, 3.63) is 59.7 Å². The van der Waals surface area contributed by atoms with Crippen LogP contribution in [0.1, 0.15) is 24.0 Å². The molecule has 1 saturated heterocycles. The first-order valence-corrected chi connectivity index (χ1v) is 10.9. The Kier molecular flexibility index (Phi) is 7.95. The molecule has 154 valence electrons. The van der Waals surface area contributed by atoms with Gasteiger partial charge in [-0.1, -0.05) is 29.8 Å². The molecule has 3 amide bonds. The van der Waals surface area contributed by atoms with Crippen LogP contribution in [0.15, 0.2) is 48.5 Å². The van der Waals surface area contributed by atoms with E-state index in [9.17, 15) is 9.59 Å². The minimum Gasteiger partial charge on any atom is -0.376 e. The molecule has 2 aromatic rings. The van der Waals surface area contributed by atoms with E-state index in [1.165, 1.54) is 11.1 Å². The second kappa shape index (κ2) is 10.9. The van der Waals surface area contributed by atoms with Crippen molar-refractivity contribution in [3.8, 4) is 0 Å². The van der Waals surface area contributed by atoms with Crippen molar-refractivity contribution in [2.45, 2.75) is 31.6 Å². The summed E-state index contributed by atoms with van der Waals surface area (Å²) in [6.45, 7) is 3.35. The number of nitrogens with one attached hydrogen (secondary N) is 3. The number of aryl methyl sites for hydroxylation is 1. The molecule has 3 N–H and O–H groups in total. The summed E-state index contributed by atoms with van der Waals surface area (Å²) in [6, 6.07) is 15.1. The average Bonchev–Trinajstić information content (AvgIpc) is 3.22. The minimum atomic E-state index is -0.259. The number of ether oxygens (including phenoxy) is 1. The molecule has 1 aliphatic rings. The zero-order valence-corrected chi connectivity index (χ0v) is 17.4. The predicted octanol–water partition coefficient (Wildman–Crippen LogP) is 4.17. The number of thioether (sulfide) groups is 1. The SMILES string of the molecule is Cc1cccc(CSCC(=O)Nc2ccc(NC(=O)NCC3CCCO3)cc2)c1. The molecule has 0 bridgehead atoms. The number of amides is 3. The number of carbonyl (C=O) groups is 2. The van der Waals surface area contributed by atoms with Crippen molar-refractivity contribution in [3.63, 3.8) is 0 Å². The molecule has 6 nitrogen and oxygen atoms in total. The number of hydrogen-bond acceptors (Lipinski definition) is 4. The third kappa shape index (κ3) is 7.44. The van der Waals surface area contributed by atoms with Crippen LogP contribution >= 0.6 is 11.8 Å². The predicted molar refractivity (Wildman–Crippen MR) is 118 cm³/mol. The molecule has 0 radical (unpaired) electrons. The quantitative estimate of drug-likeness (QED) is 0.607. The highest BCUT2D eigenvalue weighted by Crippen LogP contribution is 2.16. The molecule has 1 heterocycles. The summed E-state index contributed by atoms with van der Waals surface area (Å²) in [5.74, 6) is 1.15. The molecule has 0 aliphatic carbocycles. The molecule has 7 heteroatoms. The van der Waals surface area contributed by atoms with Gasteiger partial charge < -0.3 is 20.7 Å². The standard InChI is InChI=1S/C22H27N3O3S/c1-16-4-2-5-17(12-16)14-29-15-21(26)24-18-7-9-19(10-8-18)25-22(27)23-13-20-6-3-11-28-20/h2,4-5,7-10,12,20H,3,6,11,13-15H2,1H3,(H,24,26)(H2,23,25,27). The van der Waals surface area contributed by atoms with E-state index in [0.29, 0.717) is 23.7 Å². The van der Waals surface area contributed by atoms with Gasteiger partial charge in [0.05, 0.1) is 11.9 Å². The maximum absolute atomic E-state index is 12.1. The van der Waals surface area contributed by atoms with E-state index in [4.69, 9.17) is 4.74 Å². The van der Waals surface area contributed by atoms with Gasteiger partial charge in [0.1, 0.15) is 0 Å². The van der Waals surface area contributed by atoms with Gasteiger partial charge in [-0.2, -0.15) is 0 Å². The number of rotatable bonds is 8. The number of hydrogen-bond donors (Lipinski definition) is 3. The first kappa shape index (κ1) is 21.2. The largest absolute Gasteiger partial charge is 0.376 e.